The molecule has 0 unspecified atom stereocenters. The Balaban J connectivity index is 2.62. The summed E-state index contributed by atoms with van der Waals surface area (Å²) < 4.78 is 5.50. The van der Waals surface area contributed by atoms with E-state index in [2.05, 4.69) is 0 Å². The van der Waals surface area contributed by atoms with E-state index in [9.17, 15) is 10.1 Å². The molecule has 0 bridgehead atoms. The highest BCUT2D eigenvalue weighted by molar-refractivity contribution is 5.93. The van der Waals surface area contributed by atoms with E-state index in [-0.39, 0.29) is 0 Å². The molecule has 0 saturated heterocycles. The number of benzene rings is 2. The second kappa shape index (κ2) is 5.31. The molecule has 0 spiro atoms. The Morgan fingerprint density at radius 1 is 1.28 bits per heavy atom. The third-order valence-electron chi connectivity index (χ3n) is 2.59. The van der Waals surface area contributed by atoms with Gasteiger partial charge in [-0.1, -0.05) is 30.3 Å². The first kappa shape index (κ1) is 12.1. The van der Waals surface area contributed by atoms with Crippen molar-refractivity contribution in [2.45, 2.75) is 6.92 Å². The first-order chi connectivity index (χ1) is 8.72. The number of nitro groups is 1. The normalized spacial score (nSPS) is 10.9. The Morgan fingerprint density at radius 2 is 2.06 bits per heavy atom. The second-order valence-electron chi connectivity index (χ2n) is 3.73. The van der Waals surface area contributed by atoms with Gasteiger partial charge < -0.3 is 4.74 Å². The van der Waals surface area contributed by atoms with E-state index in [1.54, 1.807) is 0 Å². The monoisotopic (exact) mass is 243 g/mol. The summed E-state index contributed by atoms with van der Waals surface area (Å²) in [6, 6.07) is 11.5. The molecule has 0 radical (unpaired) electrons. The molecule has 2 aromatic rings. The van der Waals surface area contributed by atoms with Gasteiger partial charge in [-0.05, 0) is 23.8 Å². The lowest BCUT2D eigenvalue weighted by Crippen LogP contribution is -1.95. The van der Waals surface area contributed by atoms with Crippen LogP contribution < -0.4 is 4.74 Å². The molecule has 0 aromatic heterocycles. The molecule has 0 atom stereocenters. The van der Waals surface area contributed by atoms with Crippen molar-refractivity contribution in [1.29, 1.82) is 0 Å². The average Bonchev–Trinajstić information content (AvgIpc) is 2.37. The third-order valence-corrected chi connectivity index (χ3v) is 2.59. The smallest absolute Gasteiger partial charge is 0.235 e. The fraction of sp³-hybridized carbons (Fsp3) is 0.143. The molecular formula is C14H13NO3. The topological polar surface area (TPSA) is 52.4 Å². The Bertz CT molecular complexity index is 605. The minimum Gasteiger partial charge on any atom is -0.493 e. The summed E-state index contributed by atoms with van der Waals surface area (Å²) in [5, 5.41) is 12.4. The van der Waals surface area contributed by atoms with E-state index in [1.165, 1.54) is 6.08 Å². The average molecular weight is 243 g/mol. The molecule has 0 aliphatic rings. The minimum absolute atomic E-state index is 0.475. The maximum atomic E-state index is 10.5. The summed E-state index contributed by atoms with van der Waals surface area (Å²) in [5.74, 6) is 0.661. The van der Waals surface area contributed by atoms with Crippen LogP contribution in [-0.4, -0.2) is 11.5 Å². The van der Waals surface area contributed by atoms with Crippen LogP contribution in [0.5, 0.6) is 5.75 Å². The molecule has 18 heavy (non-hydrogen) atoms. The highest BCUT2D eigenvalue weighted by Gasteiger charge is 2.06. The van der Waals surface area contributed by atoms with E-state index in [0.29, 0.717) is 12.4 Å². The highest BCUT2D eigenvalue weighted by Crippen LogP contribution is 2.29. The lowest BCUT2D eigenvalue weighted by Gasteiger charge is -2.09. The van der Waals surface area contributed by atoms with E-state index < -0.39 is 4.92 Å². The maximum absolute atomic E-state index is 10.5. The summed E-state index contributed by atoms with van der Waals surface area (Å²) in [6.45, 7) is 2.41. The van der Waals surface area contributed by atoms with Gasteiger partial charge in [0.05, 0.1) is 11.5 Å². The second-order valence-corrected chi connectivity index (χ2v) is 3.73. The summed E-state index contributed by atoms with van der Waals surface area (Å²) in [6.07, 6.45) is 2.41. The fourth-order valence-electron chi connectivity index (χ4n) is 1.86. The minimum atomic E-state index is -0.475. The number of rotatable bonds is 4. The van der Waals surface area contributed by atoms with Crippen molar-refractivity contribution in [3.8, 4) is 5.75 Å². The van der Waals surface area contributed by atoms with Crippen molar-refractivity contribution in [3.05, 3.63) is 58.3 Å². The summed E-state index contributed by atoms with van der Waals surface area (Å²) >= 11 is 0. The first-order valence-corrected chi connectivity index (χ1v) is 5.68. The van der Waals surface area contributed by atoms with Gasteiger partial charge >= 0.3 is 0 Å². The molecule has 0 aliphatic carbocycles. The van der Waals surface area contributed by atoms with Crippen LogP contribution >= 0.6 is 0 Å². The van der Waals surface area contributed by atoms with Crippen molar-refractivity contribution >= 4 is 16.8 Å². The van der Waals surface area contributed by atoms with Crippen LogP contribution in [0.25, 0.3) is 16.8 Å². The number of fused-ring (bicyclic) bond motifs is 1. The zero-order valence-electron chi connectivity index (χ0n) is 10.00. The molecule has 4 heteroatoms. The van der Waals surface area contributed by atoms with Crippen molar-refractivity contribution in [1.82, 2.24) is 0 Å². The van der Waals surface area contributed by atoms with Gasteiger partial charge in [-0.25, -0.2) is 0 Å². The molecule has 0 fully saturated rings. The summed E-state index contributed by atoms with van der Waals surface area (Å²) in [5.41, 5.74) is 0.742. The van der Waals surface area contributed by atoms with Crippen LogP contribution in [0.2, 0.25) is 0 Å². The molecule has 0 heterocycles. The van der Waals surface area contributed by atoms with E-state index >= 15 is 0 Å². The predicted octanol–water partition coefficient (Wildman–Crippen LogP) is 3.49. The largest absolute Gasteiger partial charge is 0.493 e. The summed E-state index contributed by atoms with van der Waals surface area (Å²) in [4.78, 5) is 9.98. The Kier molecular flexibility index (Phi) is 3.57. The van der Waals surface area contributed by atoms with Gasteiger partial charge in [-0.2, -0.15) is 0 Å². The van der Waals surface area contributed by atoms with Crippen LogP contribution in [0.3, 0.4) is 0 Å². The van der Waals surface area contributed by atoms with E-state index in [0.717, 1.165) is 22.5 Å². The number of hydrogen-bond acceptors (Lipinski definition) is 3. The predicted molar refractivity (Wildman–Crippen MR) is 71.1 cm³/mol. The first-order valence-electron chi connectivity index (χ1n) is 5.68. The number of nitrogens with zero attached hydrogens (tertiary/aromatic N) is 1. The molecule has 4 nitrogen and oxygen atoms in total. The maximum Gasteiger partial charge on any atom is 0.235 e. The van der Waals surface area contributed by atoms with Gasteiger partial charge in [0, 0.05) is 11.6 Å². The summed E-state index contributed by atoms with van der Waals surface area (Å²) in [7, 11) is 0. The molecule has 0 N–H and O–H groups in total. The van der Waals surface area contributed by atoms with Crippen molar-refractivity contribution < 1.29 is 9.66 Å². The molecular weight excluding hydrogens is 230 g/mol. The van der Waals surface area contributed by atoms with Gasteiger partial charge in [0.2, 0.25) is 6.20 Å². The lowest BCUT2D eigenvalue weighted by atomic mass is 10.0. The van der Waals surface area contributed by atoms with Crippen LogP contribution in [-0.2, 0) is 0 Å². The fourth-order valence-corrected chi connectivity index (χ4v) is 1.86. The zero-order chi connectivity index (χ0) is 13.0. The SMILES string of the molecule is CCOc1ccc2ccccc2c1/C=C/[N+](=O)[O-]. The highest BCUT2D eigenvalue weighted by atomic mass is 16.6. The third kappa shape index (κ3) is 2.48. The zero-order valence-corrected chi connectivity index (χ0v) is 10.00. The van der Waals surface area contributed by atoms with Gasteiger partial charge in [0.15, 0.2) is 0 Å². The standard InChI is InChI=1S/C14H13NO3/c1-2-18-14-8-7-11-5-3-4-6-12(11)13(14)9-10-15(16)17/h3-10H,2H2,1H3/b10-9+. The van der Waals surface area contributed by atoms with Gasteiger partial charge in [0.25, 0.3) is 0 Å². The molecule has 2 aromatic carbocycles. The molecule has 0 aliphatic heterocycles. The van der Waals surface area contributed by atoms with E-state index in [1.807, 2.05) is 43.3 Å². The molecule has 0 amide bonds. The van der Waals surface area contributed by atoms with Crippen LogP contribution in [0.15, 0.2) is 42.6 Å². The molecule has 0 saturated carbocycles. The van der Waals surface area contributed by atoms with Gasteiger partial charge in [-0.15, -0.1) is 0 Å². The Labute approximate surface area is 105 Å². The van der Waals surface area contributed by atoms with Crippen LogP contribution in [0.4, 0.5) is 0 Å². The van der Waals surface area contributed by atoms with Crippen LogP contribution in [0, 0.1) is 10.1 Å². The van der Waals surface area contributed by atoms with Crippen molar-refractivity contribution in [2.24, 2.45) is 0 Å². The molecule has 2 rings (SSSR count). The van der Waals surface area contributed by atoms with Gasteiger partial charge in [0.1, 0.15) is 5.75 Å². The van der Waals surface area contributed by atoms with Crippen molar-refractivity contribution in [3.63, 3.8) is 0 Å². The number of hydrogen-bond donors (Lipinski definition) is 0. The number of ether oxygens (including phenoxy) is 1. The Hall–Kier alpha value is -2.36. The van der Waals surface area contributed by atoms with E-state index in [4.69, 9.17) is 4.74 Å². The van der Waals surface area contributed by atoms with Gasteiger partial charge in [-0.3, -0.25) is 10.1 Å². The lowest BCUT2D eigenvalue weighted by molar-refractivity contribution is -0.400. The Morgan fingerprint density at radius 3 is 2.78 bits per heavy atom. The molecule has 92 valence electrons. The van der Waals surface area contributed by atoms with Crippen LogP contribution in [0.1, 0.15) is 12.5 Å². The van der Waals surface area contributed by atoms with Crippen molar-refractivity contribution in [2.75, 3.05) is 6.61 Å². The quantitative estimate of drug-likeness (QED) is 0.610.